The number of aliphatic imine (C=N–C) groups is 1. The third kappa shape index (κ3) is 27.7. The van der Waals surface area contributed by atoms with Crippen molar-refractivity contribution in [3.05, 3.63) is 24.2 Å². The zero-order valence-corrected chi connectivity index (χ0v) is 44.4. The maximum atomic E-state index is 14.2. The van der Waals surface area contributed by atoms with Crippen LogP contribution in [0.5, 0.6) is 0 Å². The van der Waals surface area contributed by atoms with Gasteiger partial charge in [-0.3, -0.25) is 62.5 Å². The van der Waals surface area contributed by atoms with Gasteiger partial charge in [0.25, 0.3) is 5.91 Å². The van der Waals surface area contributed by atoms with E-state index < -0.39 is 151 Å². The zero-order chi connectivity index (χ0) is 59.8. The Morgan fingerprint density at radius 1 is 0.570 bits per heavy atom. The molecule has 0 spiro atoms. The highest BCUT2D eigenvalue weighted by Crippen LogP contribution is 2.09. The van der Waals surface area contributed by atoms with E-state index in [9.17, 15) is 72.9 Å². The second kappa shape index (κ2) is 36.9. The number of aliphatic hydroxyl groups excluding tert-OH is 3. The molecule has 1 aromatic heterocycles. The number of rotatable bonds is 39. The predicted molar refractivity (Wildman–Crippen MR) is 279 cm³/mol. The molecule has 0 aliphatic carbocycles. The standard InChI is InChI=1S/C46H79N17O16/c1-23(57-45(78)36(25(3)66)63-41(74)29(14-15-32(49)67)59-38(71)26(48)10-4-6-16-47)37(70)58-28(12-8-18-54-46(51)52)39(72)60-27(11-5-7-17-53-43(76)31-13-9-19-79-31)40(73)61-30(22-64)42(75)62-35(24(2)65)44(77)56-21-34(69)55-20-33(50)68/h9,13,19,23-30,35-36,64-66H,4-8,10-12,14-18,20-22,47-48H2,1-3H3,(H2,49,67)(H2,50,68)(H,53,76)(H,55,69)(H,56,77)(H,57,78)(H,58,70)(H,59,71)(H,60,72)(H,61,73)(H,62,75)(H,63,74)(H4,51,52,54)/t23-,24+,25+,26-,27-,28-,29-,30-,35-,36-/m0/s1. The monoisotopic (exact) mass is 1130 g/mol. The van der Waals surface area contributed by atoms with Crippen LogP contribution in [0, 0.1) is 0 Å². The highest BCUT2D eigenvalue weighted by atomic mass is 16.3. The van der Waals surface area contributed by atoms with Crippen LogP contribution in [0.4, 0.5) is 0 Å². The summed E-state index contributed by atoms with van der Waals surface area (Å²) in [7, 11) is 0. The first-order chi connectivity index (χ1) is 37.2. The number of guanidine groups is 1. The average molecular weight is 1130 g/mol. The molecular formula is C46H79N17O16. The van der Waals surface area contributed by atoms with Gasteiger partial charge in [-0.2, -0.15) is 0 Å². The molecule has 0 radical (unpaired) electrons. The van der Waals surface area contributed by atoms with Gasteiger partial charge in [-0.05, 0) is 90.8 Å². The maximum Gasteiger partial charge on any atom is 0.286 e. The van der Waals surface area contributed by atoms with Crippen molar-refractivity contribution in [1.82, 2.24) is 53.2 Å². The summed E-state index contributed by atoms with van der Waals surface area (Å²) in [6, 6.07) is -9.53. The SMILES string of the molecule is C[C@H](NC(=O)[C@@H](NC(=O)[C@H](CCC(N)=O)NC(=O)[C@@H](N)CCCCN)[C@@H](C)O)C(=O)N[C@@H](CCCN=C(N)N)C(=O)N[C@@H](CCCCNC(=O)c1ccco1)C(=O)N[C@@H](CO)C(=O)N[C@H](C(=O)NCC(=O)NCC(N)=O)[C@@H](C)O. The summed E-state index contributed by atoms with van der Waals surface area (Å²) in [6.07, 6.45) is -1.39. The van der Waals surface area contributed by atoms with Gasteiger partial charge in [-0.15, -0.1) is 0 Å². The molecule has 1 heterocycles. The van der Waals surface area contributed by atoms with Crippen molar-refractivity contribution in [2.24, 2.45) is 39.4 Å². The lowest BCUT2D eigenvalue weighted by molar-refractivity contribution is -0.137. The van der Waals surface area contributed by atoms with Crippen LogP contribution in [-0.4, -0.2) is 192 Å². The molecule has 444 valence electrons. The molecule has 0 unspecified atom stereocenters. The number of furan rings is 1. The van der Waals surface area contributed by atoms with Crippen molar-refractivity contribution in [1.29, 1.82) is 0 Å². The summed E-state index contributed by atoms with van der Waals surface area (Å²) in [5.41, 5.74) is 32.7. The van der Waals surface area contributed by atoms with Gasteiger partial charge in [0.1, 0.15) is 42.3 Å². The van der Waals surface area contributed by atoms with Crippen LogP contribution in [0.2, 0.25) is 0 Å². The number of primary amides is 2. The Labute approximate surface area is 454 Å². The van der Waals surface area contributed by atoms with Crippen molar-refractivity contribution in [2.75, 3.05) is 39.3 Å². The van der Waals surface area contributed by atoms with E-state index in [1.807, 2.05) is 0 Å². The third-order valence-corrected chi connectivity index (χ3v) is 11.4. The second-order valence-corrected chi connectivity index (χ2v) is 18.1. The molecule has 25 N–H and O–H groups in total. The molecule has 0 saturated heterocycles. The van der Waals surface area contributed by atoms with E-state index in [1.54, 1.807) is 0 Å². The van der Waals surface area contributed by atoms with Gasteiger partial charge in [-0.1, -0.05) is 6.42 Å². The molecule has 0 aromatic carbocycles. The fourth-order valence-corrected chi connectivity index (χ4v) is 6.93. The lowest BCUT2D eigenvalue weighted by Gasteiger charge is -2.28. The van der Waals surface area contributed by atoms with Gasteiger partial charge in [0.15, 0.2) is 11.7 Å². The van der Waals surface area contributed by atoms with Crippen molar-refractivity contribution in [2.45, 2.75) is 146 Å². The summed E-state index contributed by atoms with van der Waals surface area (Å²) in [4.78, 5) is 159. The van der Waals surface area contributed by atoms with Crippen LogP contribution >= 0.6 is 0 Å². The van der Waals surface area contributed by atoms with E-state index in [0.717, 1.165) is 13.8 Å². The maximum absolute atomic E-state index is 14.2. The number of unbranched alkanes of at least 4 members (excludes halogenated alkanes) is 2. The molecule has 12 amide bonds. The van der Waals surface area contributed by atoms with Crippen LogP contribution in [0.3, 0.4) is 0 Å². The van der Waals surface area contributed by atoms with Crippen LogP contribution in [0.25, 0.3) is 0 Å². The summed E-state index contributed by atoms with van der Waals surface area (Å²) in [5, 5.41) is 54.5. The first-order valence-electron chi connectivity index (χ1n) is 25.3. The van der Waals surface area contributed by atoms with Crippen molar-refractivity contribution >= 4 is 76.8 Å². The minimum Gasteiger partial charge on any atom is -0.459 e. The van der Waals surface area contributed by atoms with Gasteiger partial charge in [0, 0.05) is 19.5 Å². The third-order valence-electron chi connectivity index (χ3n) is 11.4. The minimum atomic E-state index is -1.84. The Bertz CT molecular complexity index is 2230. The normalized spacial score (nSPS) is 14.7. The van der Waals surface area contributed by atoms with Gasteiger partial charge in [-0.25, -0.2) is 0 Å². The van der Waals surface area contributed by atoms with E-state index in [1.165, 1.54) is 25.3 Å². The van der Waals surface area contributed by atoms with Gasteiger partial charge in [0.2, 0.25) is 65.0 Å². The summed E-state index contributed by atoms with van der Waals surface area (Å²) in [6.45, 7) is 1.47. The molecule has 1 aromatic rings. The van der Waals surface area contributed by atoms with Crippen LogP contribution in [0.1, 0.15) is 95.5 Å². The Kier molecular flexibility index (Phi) is 32.2. The van der Waals surface area contributed by atoms with Crippen molar-refractivity contribution < 1.29 is 77.3 Å². The molecule has 0 aliphatic heterocycles. The van der Waals surface area contributed by atoms with E-state index in [0.29, 0.717) is 19.4 Å². The number of carbonyl (C=O) groups is 12. The molecule has 33 nitrogen and oxygen atoms in total. The summed E-state index contributed by atoms with van der Waals surface area (Å²) < 4.78 is 5.08. The van der Waals surface area contributed by atoms with Crippen LogP contribution < -0.4 is 87.6 Å². The van der Waals surface area contributed by atoms with Crippen LogP contribution in [0.15, 0.2) is 27.8 Å². The first-order valence-corrected chi connectivity index (χ1v) is 25.3. The Morgan fingerprint density at radius 2 is 1.10 bits per heavy atom. The number of hydrogen-bond acceptors (Lipinski definition) is 19. The fraction of sp³-hybridized carbons (Fsp3) is 0.630. The Hall–Kier alpha value is -8.01. The number of amides is 12. The Morgan fingerprint density at radius 3 is 1.65 bits per heavy atom. The van der Waals surface area contributed by atoms with E-state index >= 15 is 0 Å². The van der Waals surface area contributed by atoms with E-state index in [4.69, 9.17) is 38.8 Å². The number of nitrogens with zero attached hydrogens (tertiary/aromatic N) is 1. The lowest BCUT2D eigenvalue weighted by atomic mass is 10.0. The van der Waals surface area contributed by atoms with Gasteiger partial charge < -0.3 is 107 Å². The molecule has 10 atom stereocenters. The molecule has 0 bridgehead atoms. The topological polar surface area (TPSA) is 567 Å². The molecule has 0 aliphatic rings. The molecule has 33 heteroatoms. The van der Waals surface area contributed by atoms with Crippen LogP contribution in [-0.2, 0) is 52.7 Å². The number of carbonyl (C=O) groups excluding carboxylic acids is 12. The minimum absolute atomic E-state index is 0.0237. The summed E-state index contributed by atoms with van der Waals surface area (Å²) in [5.74, 6) is -11.6. The molecular weight excluding hydrogens is 1050 g/mol. The number of nitrogens with one attached hydrogen (secondary N) is 10. The molecule has 0 saturated carbocycles. The Balaban J connectivity index is 3.40. The number of hydrogen-bond donors (Lipinski definition) is 19. The van der Waals surface area contributed by atoms with Gasteiger partial charge >= 0.3 is 0 Å². The zero-order valence-electron chi connectivity index (χ0n) is 44.4. The lowest BCUT2D eigenvalue weighted by Crippen LogP contribution is -2.61. The average Bonchev–Trinajstić information content (AvgIpc) is 3.94. The quantitative estimate of drug-likeness (QED) is 0.0165. The summed E-state index contributed by atoms with van der Waals surface area (Å²) >= 11 is 0. The van der Waals surface area contributed by atoms with Gasteiger partial charge in [0.05, 0.1) is 44.2 Å². The highest BCUT2D eigenvalue weighted by Gasteiger charge is 2.35. The fourth-order valence-electron chi connectivity index (χ4n) is 6.93. The first kappa shape index (κ1) is 69.0. The predicted octanol–water partition coefficient (Wildman–Crippen LogP) is -9.16. The highest BCUT2D eigenvalue weighted by molar-refractivity contribution is 5.98. The largest absolute Gasteiger partial charge is 0.459 e. The second-order valence-electron chi connectivity index (χ2n) is 18.1. The molecule has 1 rings (SSSR count). The smallest absolute Gasteiger partial charge is 0.286 e. The van der Waals surface area contributed by atoms with Crippen molar-refractivity contribution in [3.8, 4) is 0 Å². The van der Waals surface area contributed by atoms with E-state index in [2.05, 4.69) is 58.2 Å². The molecule has 79 heavy (non-hydrogen) atoms. The van der Waals surface area contributed by atoms with Crippen molar-refractivity contribution in [3.63, 3.8) is 0 Å². The number of nitrogens with two attached hydrogens (primary N) is 6. The number of aliphatic hydroxyl groups is 3. The molecule has 0 fully saturated rings. The van der Waals surface area contributed by atoms with E-state index in [-0.39, 0.29) is 76.2 Å².